The number of carboxylic acid groups (broad SMARTS) is 1. The summed E-state index contributed by atoms with van der Waals surface area (Å²) in [4.78, 5) is 34.8. The largest absolute Gasteiger partial charge is 0.480 e. The first-order valence-electron chi connectivity index (χ1n) is 5.30. The van der Waals surface area contributed by atoms with E-state index in [1.54, 1.807) is 0 Å². The highest BCUT2D eigenvalue weighted by molar-refractivity contribution is 5.90. The number of carbonyl (C=O) groups excluding carboxylic acids is 2. The number of aliphatic carboxylic acids is 1. The summed E-state index contributed by atoms with van der Waals surface area (Å²) in [6.07, 6.45) is 0.127. The van der Waals surface area contributed by atoms with Crippen molar-refractivity contribution in [3.8, 4) is 0 Å². The van der Waals surface area contributed by atoms with Crippen LogP contribution in [0.3, 0.4) is 0 Å². The van der Waals surface area contributed by atoms with Crippen LogP contribution in [0.25, 0.3) is 0 Å². The lowest BCUT2D eigenvalue weighted by atomic mass is 10.1. The number of hydrogen-bond donors (Lipinski definition) is 2. The van der Waals surface area contributed by atoms with Crippen LogP contribution in [0.2, 0.25) is 0 Å². The molecule has 1 atom stereocenters. The van der Waals surface area contributed by atoms with E-state index in [4.69, 9.17) is 9.84 Å². The predicted octanol–water partition coefficient (Wildman–Crippen LogP) is -1.32. The third-order valence-corrected chi connectivity index (χ3v) is 2.53. The molecular formula is C10H16N2O5. The Morgan fingerprint density at radius 1 is 1.59 bits per heavy atom. The third kappa shape index (κ3) is 4.03. The van der Waals surface area contributed by atoms with Gasteiger partial charge in [-0.25, -0.2) is 0 Å². The highest BCUT2D eigenvalue weighted by atomic mass is 16.5. The minimum absolute atomic E-state index is 0.127. The number of amides is 2. The monoisotopic (exact) mass is 244 g/mol. The molecule has 1 heterocycles. The molecule has 0 aromatic rings. The Bertz CT molecular complexity index is 318. The van der Waals surface area contributed by atoms with E-state index in [1.807, 2.05) is 0 Å². The molecule has 0 aromatic heterocycles. The van der Waals surface area contributed by atoms with Crippen molar-refractivity contribution in [2.75, 3.05) is 33.4 Å². The number of rotatable bonds is 6. The second-order valence-corrected chi connectivity index (χ2v) is 3.85. The number of ether oxygens (including phenoxy) is 1. The van der Waals surface area contributed by atoms with Crippen molar-refractivity contribution in [1.82, 2.24) is 10.2 Å². The van der Waals surface area contributed by atoms with Gasteiger partial charge in [-0.15, -0.1) is 0 Å². The summed E-state index contributed by atoms with van der Waals surface area (Å²) in [6.45, 7) is 0.396. The highest BCUT2D eigenvalue weighted by Crippen LogP contribution is 2.12. The Hall–Kier alpha value is -1.63. The first kappa shape index (κ1) is 13.4. The average Bonchev–Trinajstić information content (AvgIpc) is 2.69. The van der Waals surface area contributed by atoms with Gasteiger partial charge in [-0.05, 0) is 0 Å². The molecule has 2 amide bonds. The molecule has 7 nitrogen and oxygen atoms in total. The van der Waals surface area contributed by atoms with Crippen molar-refractivity contribution >= 4 is 17.8 Å². The fourth-order valence-electron chi connectivity index (χ4n) is 1.67. The molecule has 7 heteroatoms. The smallest absolute Gasteiger partial charge is 0.323 e. The molecule has 1 saturated heterocycles. The lowest BCUT2D eigenvalue weighted by Gasteiger charge is -2.22. The molecule has 1 unspecified atom stereocenters. The molecule has 0 spiro atoms. The summed E-state index contributed by atoms with van der Waals surface area (Å²) in [6, 6.07) is 0. The van der Waals surface area contributed by atoms with Crippen LogP contribution in [0.4, 0.5) is 0 Å². The summed E-state index contributed by atoms with van der Waals surface area (Å²) in [5, 5.41) is 11.3. The highest BCUT2D eigenvalue weighted by Gasteiger charge is 2.31. The Morgan fingerprint density at radius 3 is 2.76 bits per heavy atom. The number of methoxy groups -OCH3 is 1. The Labute approximate surface area is 98.7 Å². The van der Waals surface area contributed by atoms with E-state index in [9.17, 15) is 14.4 Å². The van der Waals surface area contributed by atoms with E-state index in [1.165, 1.54) is 12.0 Å². The van der Waals surface area contributed by atoms with Crippen LogP contribution in [-0.2, 0) is 19.1 Å². The first-order chi connectivity index (χ1) is 8.04. The molecule has 0 bridgehead atoms. The van der Waals surface area contributed by atoms with Gasteiger partial charge >= 0.3 is 5.97 Å². The summed E-state index contributed by atoms with van der Waals surface area (Å²) >= 11 is 0. The Balaban J connectivity index is 2.58. The van der Waals surface area contributed by atoms with E-state index in [0.717, 1.165) is 0 Å². The number of hydrogen-bond acceptors (Lipinski definition) is 4. The zero-order valence-corrected chi connectivity index (χ0v) is 9.64. The van der Waals surface area contributed by atoms with E-state index < -0.39 is 11.9 Å². The normalized spacial score (nSPS) is 18.9. The van der Waals surface area contributed by atoms with Gasteiger partial charge in [0.15, 0.2) is 0 Å². The minimum atomic E-state index is -1.08. The van der Waals surface area contributed by atoms with Crippen LogP contribution in [0.1, 0.15) is 6.42 Å². The third-order valence-electron chi connectivity index (χ3n) is 2.53. The molecule has 1 aliphatic heterocycles. The molecule has 1 aliphatic rings. The lowest BCUT2D eigenvalue weighted by Crippen LogP contribution is -2.42. The maximum absolute atomic E-state index is 11.9. The van der Waals surface area contributed by atoms with Crippen LogP contribution in [-0.4, -0.2) is 61.1 Å². The van der Waals surface area contributed by atoms with Crippen molar-refractivity contribution in [1.29, 1.82) is 0 Å². The van der Waals surface area contributed by atoms with Crippen molar-refractivity contribution < 1.29 is 24.2 Å². The quantitative estimate of drug-likeness (QED) is 0.604. The summed E-state index contributed by atoms with van der Waals surface area (Å²) in [5.41, 5.74) is 0. The fraction of sp³-hybridized carbons (Fsp3) is 0.700. The van der Waals surface area contributed by atoms with Gasteiger partial charge in [0, 0.05) is 26.6 Å². The fourth-order valence-corrected chi connectivity index (χ4v) is 1.67. The van der Waals surface area contributed by atoms with Crippen LogP contribution >= 0.6 is 0 Å². The van der Waals surface area contributed by atoms with Gasteiger partial charge in [0.2, 0.25) is 11.8 Å². The van der Waals surface area contributed by atoms with E-state index in [2.05, 4.69) is 5.32 Å². The number of nitrogens with zero attached hydrogens (tertiary/aromatic N) is 1. The molecule has 2 N–H and O–H groups in total. The van der Waals surface area contributed by atoms with Crippen molar-refractivity contribution in [2.45, 2.75) is 6.42 Å². The topological polar surface area (TPSA) is 95.9 Å². The summed E-state index contributed by atoms with van der Waals surface area (Å²) in [7, 11) is 1.48. The molecule has 17 heavy (non-hydrogen) atoms. The zero-order chi connectivity index (χ0) is 12.8. The number of nitrogens with one attached hydrogen (secondary N) is 1. The van der Waals surface area contributed by atoms with Gasteiger partial charge in [-0.1, -0.05) is 0 Å². The van der Waals surface area contributed by atoms with E-state index in [-0.39, 0.29) is 44.5 Å². The molecule has 0 saturated carbocycles. The SMILES string of the molecule is COCCN(CC(=O)O)C(=O)C1CNC(=O)C1. The van der Waals surface area contributed by atoms with Crippen molar-refractivity contribution in [3.63, 3.8) is 0 Å². The minimum Gasteiger partial charge on any atom is -0.480 e. The van der Waals surface area contributed by atoms with E-state index >= 15 is 0 Å². The first-order valence-corrected chi connectivity index (χ1v) is 5.30. The van der Waals surface area contributed by atoms with Gasteiger partial charge in [0.1, 0.15) is 6.54 Å². The predicted molar refractivity (Wildman–Crippen MR) is 57.2 cm³/mol. The number of carboxylic acids is 1. The van der Waals surface area contributed by atoms with Crippen LogP contribution in [0.5, 0.6) is 0 Å². The van der Waals surface area contributed by atoms with Crippen molar-refractivity contribution in [2.24, 2.45) is 5.92 Å². The van der Waals surface area contributed by atoms with Crippen LogP contribution in [0, 0.1) is 5.92 Å². The molecule has 0 aromatic carbocycles. The summed E-state index contributed by atoms with van der Waals surface area (Å²) in [5.74, 6) is -2.03. The Morgan fingerprint density at radius 2 is 2.29 bits per heavy atom. The molecule has 1 rings (SSSR count). The van der Waals surface area contributed by atoms with Crippen LogP contribution in [0.15, 0.2) is 0 Å². The lowest BCUT2D eigenvalue weighted by molar-refractivity contribution is -0.146. The molecule has 96 valence electrons. The zero-order valence-electron chi connectivity index (χ0n) is 9.64. The Kier molecular flexibility index (Phi) is 4.89. The van der Waals surface area contributed by atoms with Gasteiger partial charge in [0.25, 0.3) is 0 Å². The van der Waals surface area contributed by atoms with Crippen LogP contribution < -0.4 is 5.32 Å². The molecular weight excluding hydrogens is 228 g/mol. The molecule has 1 fully saturated rings. The molecule has 0 radical (unpaired) electrons. The maximum atomic E-state index is 11.9. The van der Waals surface area contributed by atoms with Gasteiger partial charge in [-0.2, -0.15) is 0 Å². The summed E-state index contributed by atoms with van der Waals surface area (Å²) < 4.78 is 4.82. The maximum Gasteiger partial charge on any atom is 0.323 e. The standard InChI is InChI=1S/C10H16N2O5/c1-17-3-2-12(6-9(14)15)10(16)7-4-8(13)11-5-7/h7H,2-6H2,1H3,(H,11,13)(H,14,15). The molecule has 0 aliphatic carbocycles. The average molecular weight is 244 g/mol. The second-order valence-electron chi connectivity index (χ2n) is 3.85. The van der Waals surface area contributed by atoms with Crippen molar-refractivity contribution in [3.05, 3.63) is 0 Å². The van der Waals surface area contributed by atoms with Gasteiger partial charge < -0.3 is 20.1 Å². The van der Waals surface area contributed by atoms with E-state index in [0.29, 0.717) is 0 Å². The van der Waals surface area contributed by atoms with Gasteiger partial charge in [-0.3, -0.25) is 14.4 Å². The van der Waals surface area contributed by atoms with Gasteiger partial charge in [0.05, 0.1) is 12.5 Å². The second kappa shape index (κ2) is 6.19. The number of carbonyl (C=O) groups is 3.